The van der Waals surface area contributed by atoms with E-state index in [1.165, 1.54) is 0 Å². The molecule has 2 heterocycles. The lowest BCUT2D eigenvalue weighted by Gasteiger charge is -2.37. The van der Waals surface area contributed by atoms with Gasteiger partial charge in [-0.25, -0.2) is 0 Å². The van der Waals surface area contributed by atoms with E-state index in [1.807, 2.05) is 42.1 Å². The van der Waals surface area contributed by atoms with Crippen LogP contribution in [0.15, 0.2) is 30.5 Å². The molecule has 0 N–H and O–H groups in total. The SMILES string of the molecule is CC1C(=O)N(C)CCN1C(=O)Cc1cn(C)c2ccccc12. The monoisotopic (exact) mass is 299 g/mol. The molecule has 0 aliphatic carbocycles. The van der Waals surface area contributed by atoms with Gasteiger partial charge < -0.3 is 14.4 Å². The molecule has 1 aliphatic rings. The zero-order chi connectivity index (χ0) is 15.9. The smallest absolute Gasteiger partial charge is 0.244 e. The zero-order valence-electron chi connectivity index (χ0n) is 13.2. The molecule has 1 aromatic carbocycles. The Balaban J connectivity index is 1.83. The first kappa shape index (κ1) is 14.6. The number of aryl methyl sites for hydroxylation is 1. The molecule has 22 heavy (non-hydrogen) atoms. The number of rotatable bonds is 2. The summed E-state index contributed by atoms with van der Waals surface area (Å²) in [6, 6.07) is 7.69. The second-order valence-electron chi connectivity index (χ2n) is 5.98. The fourth-order valence-electron chi connectivity index (χ4n) is 3.19. The largest absolute Gasteiger partial charge is 0.350 e. The van der Waals surface area contributed by atoms with Crippen LogP contribution in [0.5, 0.6) is 0 Å². The minimum absolute atomic E-state index is 0.0116. The molecule has 1 atom stereocenters. The minimum Gasteiger partial charge on any atom is -0.350 e. The second-order valence-corrected chi connectivity index (χ2v) is 5.98. The van der Waals surface area contributed by atoms with Crippen LogP contribution in [0.4, 0.5) is 0 Å². The normalized spacial score (nSPS) is 19.0. The van der Waals surface area contributed by atoms with Crippen molar-refractivity contribution in [2.24, 2.45) is 7.05 Å². The summed E-state index contributed by atoms with van der Waals surface area (Å²) in [4.78, 5) is 28.1. The third-order valence-corrected chi connectivity index (χ3v) is 4.52. The first-order valence-corrected chi connectivity index (χ1v) is 7.56. The predicted octanol–water partition coefficient (Wildman–Crippen LogP) is 1.41. The van der Waals surface area contributed by atoms with E-state index in [0.29, 0.717) is 19.5 Å². The van der Waals surface area contributed by atoms with Crippen LogP contribution in [-0.4, -0.2) is 52.4 Å². The molecule has 5 nitrogen and oxygen atoms in total. The van der Waals surface area contributed by atoms with Crippen molar-refractivity contribution in [3.63, 3.8) is 0 Å². The van der Waals surface area contributed by atoms with Gasteiger partial charge in [0.15, 0.2) is 0 Å². The average molecular weight is 299 g/mol. The van der Waals surface area contributed by atoms with Crippen molar-refractivity contribution in [3.8, 4) is 0 Å². The van der Waals surface area contributed by atoms with Gasteiger partial charge in [-0.15, -0.1) is 0 Å². The van der Waals surface area contributed by atoms with Gasteiger partial charge in [-0.05, 0) is 18.6 Å². The molecule has 2 aromatic rings. The molecule has 1 unspecified atom stereocenters. The Kier molecular flexibility index (Phi) is 3.64. The number of hydrogen-bond acceptors (Lipinski definition) is 2. The zero-order valence-corrected chi connectivity index (χ0v) is 13.2. The molecule has 1 aromatic heterocycles. The van der Waals surface area contributed by atoms with Crippen molar-refractivity contribution < 1.29 is 9.59 Å². The molecule has 2 amide bonds. The molecule has 0 spiro atoms. The lowest BCUT2D eigenvalue weighted by atomic mass is 10.1. The molecular formula is C17H21N3O2. The van der Waals surface area contributed by atoms with Crippen molar-refractivity contribution in [3.05, 3.63) is 36.0 Å². The first-order chi connectivity index (χ1) is 10.5. The van der Waals surface area contributed by atoms with Crippen LogP contribution < -0.4 is 0 Å². The van der Waals surface area contributed by atoms with E-state index < -0.39 is 0 Å². The van der Waals surface area contributed by atoms with Gasteiger partial charge in [0.1, 0.15) is 6.04 Å². The Hall–Kier alpha value is -2.30. The second kappa shape index (κ2) is 5.48. The molecule has 1 aliphatic heterocycles. The Morgan fingerprint density at radius 1 is 1.23 bits per heavy atom. The molecular weight excluding hydrogens is 278 g/mol. The van der Waals surface area contributed by atoms with Gasteiger partial charge >= 0.3 is 0 Å². The highest BCUT2D eigenvalue weighted by Crippen LogP contribution is 2.22. The molecule has 0 bridgehead atoms. The highest BCUT2D eigenvalue weighted by molar-refractivity contribution is 5.92. The van der Waals surface area contributed by atoms with E-state index in [-0.39, 0.29) is 17.9 Å². The summed E-state index contributed by atoms with van der Waals surface area (Å²) < 4.78 is 2.04. The predicted molar refractivity (Wildman–Crippen MR) is 85.4 cm³/mol. The summed E-state index contributed by atoms with van der Waals surface area (Å²) in [5.41, 5.74) is 2.13. The molecule has 3 rings (SSSR count). The molecule has 0 radical (unpaired) electrons. The quantitative estimate of drug-likeness (QED) is 0.841. The highest BCUT2D eigenvalue weighted by atomic mass is 16.2. The summed E-state index contributed by atoms with van der Waals surface area (Å²) in [5, 5.41) is 1.10. The summed E-state index contributed by atoms with van der Waals surface area (Å²) in [6.07, 6.45) is 2.34. The molecule has 5 heteroatoms. The number of likely N-dealkylation sites (N-methyl/N-ethyl adjacent to an activating group) is 1. The van der Waals surface area contributed by atoms with E-state index in [1.54, 1.807) is 23.8 Å². The van der Waals surface area contributed by atoms with Crippen molar-refractivity contribution in [1.82, 2.24) is 14.4 Å². The third kappa shape index (κ3) is 2.36. The number of benzene rings is 1. The van der Waals surface area contributed by atoms with Crippen LogP contribution >= 0.6 is 0 Å². The number of carbonyl (C=O) groups excluding carboxylic acids is 2. The van der Waals surface area contributed by atoms with Gasteiger partial charge in [-0.1, -0.05) is 18.2 Å². The fraction of sp³-hybridized carbons (Fsp3) is 0.412. The number of fused-ring (bicyclic) bond motifs is 1. The lowest BCUT2D eigenvalue weighted by molar-refractivity contribution is -0.149. The Morgan fingerprint density at radius 2 is 1.95 bits per heavy atom. The summed E-state index contributed by atoms with van der Waals surface area (Å²) in [6.45, 7) is 3.01. The van der Waals surface area contributed by atoms with E-state index in [0.717, 1.165) is 16.5 Å². The van der Waals surface area contributed by atoms with Crippen LogP contribution in [0.2, 0.25) is 0 Å². The van der Waals surface area contributed by atoms with Crippen LogP contribution in [-0.2, 0) is 23.1 Å². The van der Waals surface area contributed by atoms with E-state index in [2.05, 4.69) is 0 Å². The van der Waals surface area contributed by atoms with E-state index >= 15 is 0 Å². The molecule has 116 valence electrons. The molecule has 0 saturated carbocycles. The average Bonchev–Trinajstić information content (AvgIpc) is 2.82. The van der Waals surface area contributed by atoms with Gasteiger partial charge in [0.25, 0.3) is 0 Å². The topological polar surface area (TPSA) is 45.6 Å². The fourth-order valence-corrected chi connectivity index (χ4v) is 3.19. The standard InChI is InChI=1S/C17H21N3O2/c1-12-17(22)18(2)8-9-20(12)16(21)10-13-11-19(3)15-7-5-4-6-14(13)15/h4-7,11-12H,8-10H2,1-3H3. The van der Waals surface area contributed by atoms with Crippen LogP contribution in [0, 0.1) is 0 Å². The number of piperazine rings is 1. The van der Waals surface area contributed by atoms with Crippen LogP contribution in [0.25, 0.3) is 10.9 Å². The number of aromatic nitrogens is 1. The number of nitrogens with zero attached hydrogens (tertiary/aromatic N) is 3. The lowest BCUT2D eigenvalue weighted by Crippen LogP contribution is -2.56. The van der Waals surface area contributed by atoms with Crippen molar-refractivity contribution in [2.45, 2.75) is 19.4 Å². The summed E-state index contributed by atoms with van der Waals surface area (Å²) in [7, 11) is 3.77. The number of hydrogen-bond donors (Lipinski definition) is 0. The van der Waals surface area contributed by atoms with Gasteiger partial charge in [-0.2, -0.15) is 0 Å². The van der Waals surface area contributed by atoms with Gasteiger partial charge in [0.05, 0.1) is 6.42 Å². The Bertz CT molecular complexity index is 735. The number of carbonyl (C=O) groups is 2. The van der Waals surface area contributed by atoms with Crippen molar-refractivity contribution in [1.29, 1.82) is 0 Å². The van der Waals surface area contributed by atoms with Gasteiger partial charge in [-0.3, -0.25) is 9.59 Å². The van der Waals surface area contributed by atoms with Gasteiger partial charge in [0.2, 0.25) is 11.8 Å². The van der Waals surface area contributed by atoms with Gasteiger partial charge in [0, 0.05) is 44.3 Å². The van der Waals surface area contributed by atoms with Crippen LogP contribution in [0.1, 0.15) is 12.5 Å². The Labute approximate surface area is 130 Å². The maximum Gasteiger partial charge on any atom is 0.244 e. The molecule has 1 saturated heterocycles. The maximum atomic E-state index is 12.6. The third-order valence-electron chi connectivity index (χ3n) is 4.52. The number of amides is 2. The highest BCUT2D eigenvalue weighted by Gasteiger charge is 2.32. The van der Waals surface area contributed by atoms with Crippen molar-refractivity contribution >= 4 is 22.7 Å². The molecule has 1 fully saturated rings. The van der Waals surface area contributed by atoms with Crippen molar-refractivity contribution in [2.75, 3.05) is 20.1 Å². The first-order valence-electron chi connectivity index (χ1n) is 7.56. The number of para-hydroxylation sites is 1. The van der Waals surface area contributed by atoms with E-state index in [4.69, 9.17) is 0 Å². The Morgan fingerprint density at radius 3 is 2.73 bits per heavy atom. The van der Waals surface area contributed by atoms with Crippen LogP contribution in [0.3, 0.4) is 0 Å². The van der Waals surface area contributed by atoms with E-state index in [9.17, 15) is 9.59 Å². The summed E-state index contributed by atoms with van der Waals surface area (Å²) >= 11 is 0. The summed E-state index contributed by atoms with van der Waals surface area (Å²) in [5.74, 6) is 0.0304. The minimum atomic E-state index is -0.374. The maximum absolute atomic E-state index is 12.6.